The smallest absolute Gasteiger partial charge is 0.475 e. The Kier molecular flexibility index (Phi) is 11.8. The van der Waals surface area contributed by atoms with E-state index in [-0.39, 0.29) is 24.9 Å². The first-order chi connectivity index (χ1) is 17.3. The number of aliphatic carboxylic acids is 1. The zero-order valence-corrected chi connectivity index (χ0v) is 22.3. The van der Waals surface area contributed by atoms with E-state index in [1.54, 1.807) is 16.4 Å². The number of alkyl halides is 3. The van der Waals surface area contributed by atoms with E-state index in [0.717, 1.165) is 57.2 Å². The van der Waals surface area contributed by atoms with Crippen LogP contribution in [0.1, 0.15) is 70.3 Å². The fraction of sp³-hybridized carbons (Fsp3) is 0.680. The number of hydrogen-bond donors (Lipinski definition) is 2. The average Bonchev–Trinajstić information content (AvgIpc) is 3.14. The van der Waals surface area contributed by atoms with Gasteiger partial charge < -0.3 is 15.3 Å². The first-order valence-corrected chi connectivity index (χ1v) is 14.2. The number of carbonyl (C=O) groups excluding carboxylic acids is 1. The number of rotatable bonds is 7. The molecule has 1 saturated heterocycles. The van der Waals surface area contributed by atoms with Crippen LogP contribution in [-0.2, 0) is 19.6 Å². The summed E-state index contributed by atoms with van der Waals surface area (Å²) in [6.07, 6.45) is 1.35. The quantitative estimate of drug-likeness (QED) is 0.499. The van der Waals surface area contributed by atoms with Gasteiger partial charge in [0.2, 0.25) is 15.9 Å². The molecule has 210 valence electrons. The second kappa shape index (κ2) is 14.1. The van der Waals surface area contributed by atoms with Gasteiger partial charge in [0.25, 0.3) is 0 Å². The summed E-state index contributed by atoms with van der Waals surface area (Å²) >= 11 is 0. The lowest BCUT2D eigenvalue weighted by Crippen LogP contribution is -2.48. The van der Waals surface area contributed by atoms with Crippen LogP contribution in [0.25, 0.3) is 0 Å². The molecule has 2 fully saturated rings. The van der Waals surface area contributed by atoms with Gasteiger partial charge in [0.15, 0.2) is 0 Å². The molecule has 1 saturated carbocycles. The minimum atomic E-state index is -5.08. The van der Waals surface area contributed by atoms with Gasteiger partial charge in [-0.3, -0.25) is 4.79 Å². The minimum Gasteiger partial charge on any atom is -0.475 e. The Morgan fingerprint density at radius 3 is 2.03 bits per heavy atom. The van der Waals surface area contributed by atoms with Gasteiger partial charge in [-0.05, 0) is 36.5 Å². The summed E-state index contributed by atoms with van der Waals surface area (Å²) in [6, 6.07) is 7.26. The summed E-state index contributed by atoms with van der Waals surface area (Å²) in [4.78, 5) is 23.8. The first-order valence-electron chi connectivity index (χ1n) is 12.7. The molecular formula is C25H38F3N3O5S. The molecule has 8 nitrogen and oxygen atoms in total. The molecule has 1 aromatic carbocycles. The number of hydrogen-bond acceptors (Lipinski definition) is 5. The topological polar surface area (TPSA) is 107 Å². The highest BCUT2D eigenvalue weighted by Crippen LogP contribution is 2.28. The third-order valence-corrected chi connectivity index (χ3v) is 8.61. The number of sulfonamides is 1. The maximum absolute atomic E-state index is 13.6. The molecule has 2 aliphatic rings. The monoisotopic (exact) mass is 549 g/mol. The molecule has 3 rings (SSSR count). The van der Waals surface area contributed by atoms with Crippen LogP contribution in [0.5, 0.6) is 0 Å². The molecule has 1 amide bonds. The Bertz CT molecular complexity index is 970. The molecule has 12 heteroatoms. The Morgan fingerprint density at radius 2 is 1.57 bits per heavy atom. The molecular weight excluding hydrogens is 511 g/mol. The van der Waals surface area contributed by atoms with E-state index in [1.165, 1.54) is 0 Å². The van der Waals surface area contributed by atoms with Crippen molar-refractivity contribution < 1.29 is 36.3 Å². The lowest BCUT2D eigenvalue weighted by molar-refractivity contribution is -0.192. The van der Waals surface area contributed by atoms with Crippen molar-refractivity contribution in [3.63, 3.8) is 0 Å². The molecule has 0 bridgehead atoms. The minimum absolute atomic E-state index is 0.0157. The third kappa shape index (κ3) is 9.57. The zero-order chi connectivity index (χ0) is 27.6. The van der Waals surface area contributed by atoms with E-state index in [1.807, 2.05) is 17.0 Å². The lowest BCUT2D eigenvalue weighted by atomic mass is 10.0. The highest BCUT2D eigenvalue weighted by Gasteiger charge is 2.38. The van der Waals surface area contributed by atoms with Crippen LogP contribution < -0.4 is 5.32 Å². The summed E-state index contributed by atoms with van der Waals surface area (Å²) in [5.74, 6) is -2.34. The Hall–Kier alpha value is -2.18. The largest absolute Gasteiger partial charge is 0.490 e. The molecule has 1 aliphatic heterocycles. The van der Waals surface area contributed by atoms with Crippen molar-refractivity contribution in [2.75, 3.05) is 32.7 Å². The van der Waals surface area contributed by atoms with Crippen LogP contribution in [0.2, 0.25) is 0 Å². The number of carboxylic acids is 1. The van der Waals surface area contributed by atoms with E-state index >= 15 is 0 Å². The van der Waals surface area contributed by atoms with Crippen LogP contribution in [0, 0.1) is 0 Å². The van der Waals surface area contributed by atoms with Crippen molar-refractivity contribution in [3.8, 4) is 0 Å². The molecule has 0 unspecified atom stereocenters. The van der Waals surface area contributed by atoms with Crippen molar-refractivity contribution in [1.82, 2.24) is 14.5 Å². The van der Waals surface area contributed by atoms with Crippen molar-refractivity contribution in [1.29, 1.82) is 0 Å². The number of amides is 1. The number of benzene rings is 1. The Balaban J connectivity index is 0.000000604. The van der Waals surface area contributed by atoms with E-state index in [4.69, 9.17) is 9.90 Å². The number of nitrogens with one attached hydrogen (secondary N) is 1. The maximum Gasteiger partial charge on any atom is 0.490 e. The second-order valence-corrected chi connectivity index (χ2v) is 11.6. The molecule has 2 N–H and O–H groups in total. The molecule has 1 heterocycles. The van der Waals surface area contributed by atoms with Crippen LogP contribution in [0.4, 0.5) is 13.2 Å². The number of carbonyl (C=O) groups is 2. The van der Waals surface area contributed by atoms with Gasteiger partial charge in [-0.1, -0.05) is 51.7 Å². The van der Waals surface area contributed by atoms with Crippen molar-refractivity contribution in [2.45, 2.75) is 81.8 Å². The second-order valence-electron chi connectivity index (χ2n) is 9.67. The summed E-state index contributed by atoms with van der Waals surface area (Å²) in [6.45, 7) is 7.47. The summed E-state index contributed by atoms with van der Waals surface area (Å²) in [5, 5.41) is 10.4. The molecule has 1 aliphatic carbocycles. The predicted molar refractivity (Wildman–Crippen MR) is 134 cm³/mol. The molecule has 0 radical (unpaired) electrons. The molecule has 0 atom stereocenters. The number of halogens is 3. The number of piperazine rings is 1. The van der Waals surface area contributed by atoms with Crippen LogP contribution in [-0.4, -0.2) is 79.5 Å². The summed E-state index contributed by atoms with van der Waals surface area (Å²) in [7, 11) is -3.64. The van der Waals surface area contributed by atoms with Gasteiger partial charge in [-0.2, -0.15) is 17.5 Å². The van der Waals surface area contributed by atoms with Gasteiger partial charge in [0.1, 0.15) is 0 Å². The summed E-state index contributed by atoms with van der Waals surface area (Å²) < 4.78 is 60.6. The van der Waals surface area contributed by atoms with Crippen molar-refractivity contribution in [2.24, 2.45) is 0 Å². The van der Waals surface area contributed by atoms with E-state index < -0.39 is 22.2 Å². The van der Waals surface area contributed by atoms with Crippen molar-refractivity contribution in [3.05, 3.63) is 29.8 Å². The molecule has 37 heavy (non-hydrogen) atoms. The fourth-order valence-electron chi connectivity index (χ4n) is 4.48. The highest BCUT2D eigenvalue weighted by molar-refractivity contribution is 7.89. The molecule has 1 aromatic rings. The van der Waals surface area contributed by atoms with Gasteiger partial charge in [-0.25, -0.2) is 13.2 Å². The van der Waals surface area contributed by atoms with E-state index in [9.17, 15) is 26.4 Å². The first kappa shape index (κ1) is 31.0. The maximum atomic E-state index is 13.6. The predicted octanol–water partition coefficient (Wildman–Crippen LogP) is 3.98. The SMILES string of the molecule is CC(C)c1ccc(S(=O)(=O)N(CCC(=O)N2CCNCC2)C2CCCCCC2)cc1.O=C(O)C(F)(F)F. The zero-order valence-electron chi connectivity index (χ0n) is 21.5. The van der Waals surface area contributed by atoms with E-state index in [0.29, 0.717) is 23.9 Å². The fourth-order valence-corrected chi connectivity index (χ4v) is 6.17. The van der Waals surface area contributed by atoms with E-state index in [2.05, 4.69) is 19.2 Å². The average molecular weight is 550 g/mol. The normalized spacial score (nSPS) is 17.8. The third-order valence-electron chi connectivity index (χ3n) is 6.64. The summed E-state index contributed by atoms with van der Waals surface area (Å²) in [5.41, 5.74) is 1.13. The van der Waals surface area contributed by atoms with Crippen LogP contribution in [0.3, 0.4) is 0 Å². The van der Waals surface area contributed by atoms with Crippen LogP contribution in [0.15, 0.2) is 29.2 Å². The highest BCUT2D eigenvalue weighted by atomic mass is 32.2. The van der Waals surface area contributed by atoms with Crippen molar-refractivity contribution >= 4 is 21.9 Å². The van der Waals surface area contributed by atoms with Gasteiger partial charge >= 0.3 is 12.1 Å². The van der Waals surface area contributed by atoms with Gasteiger partial charge in [0, 0.05) is 45.2 Å². The van der Waals surface area contributed by atoms with Crippen LogP contribution >= 0.6 is 0 Å². The molecule has 0 aromatic heterocycles. The number of nitrogens with zero attached hydrogens (tertiary/aromatic N) is 2. The van der Waals surface area contributed by atoms with Gasteiger partial charge in [0.05, 0.1) is 4.90 Å². The molecule has 0 spiro atoms. The number of carboxylic acid groups (broad SMARTS) is 1. The van der Waals surface area contributed by atoms with Gasteiger partial charge in [-0.15, -0.1) is 0 Å². The lowest BCUT2D eigenvalue weighted by Gasteiger charge is -2.32. The Labute approximate surface area is 217 Å². The standard InChI is InChI=1S/C23H37N3O3S.C2HF3O2/c1-19(2)20-9-11-22(12-10-20)30(28,29)26(21-7-5-3-4-6-8-21)16-13-23(27)25-17-14-24-15-18-25;3-2(4,5)1(6)7/h9-12,19,21,24H,3-8,13-18H2,1-2H3;(H,6,7). The Morgan fingerprint density at radius 1 is 1.05 bits per heavy atom.